The molecule has 1 aliphatic rings. The molecule has 1 aliphatic heterocycles. The molecule has 9 heteroatoms. The quantitative estimate of drug-likeness (QED) is 0.512. The van der Waals surface area contributed by atoms with Gasteiger partial charge in [-0.05, 0) is 49.7 Å². The van der Waals surface area contributed by atoms with E-state index in [4.69, 9.17) is 11.6 Å². The average Bonchev–Trinajstić information content (AvgIpc) is 3.20. The van der Waals surface area contributed by atoms with Gasteiger partial charge in [0.25, 0.3) is 0 Å². The third kappa shape index (κ3) is 5.86. The van der Waals surface area contributed by atoms with Gasteiger partial charge in [-0.2, -0.15) is 13.2 Å². The van der Waals surface area contributed by atoms with Crippen molar-refractivity contribution in [3.05, 3.63) is 70.6 Å². The molecular weight excluding hydrogens is 453 g/mol. The third-order valence-electron chi connectivity index (χ3n) is 6.06. The van der Waals surface area contributed by atoms with Crippen molar-refractivity contribution >= 4 is 23.2 Å². The van der Waals surface area contributed by atoms with Gasteiger partial charge in [-0.3, -0.25) is 4.79 Å². The van der Waals surface area contributed by atoms with Crippen molar-refractivity contribution in [1.82, 2.24) is 19.6 Å². The zero-order valence-electron chi connectivity index (χ0n) is 18.1. The summed E-state index contributed by atoms with van der Waals surface area (Å²) in [6.07, 6.45) is 2.36. The van der Waals surface area contributed by atoms with Crippen LogP contribution >= 0.6 is 11.6 Å². The number of aromatic nitrogens is 2. The number of carbonyl (C=O) groups excluding carboxylic acids is 1. The molecule has 3 aromatic rings. The zero-order valence-corrected chi connectivity index (χ0v) is 18.9. The molecule has 1 amide bonds. The van der Waals surface area contributed by atoms with Gasteiger partial charge in [-0.1, -0.05) is 36.2 Å². The lowest BCUT2D eigenvalue weighted by Gasteiger charge is -2.26. The van der Waals surface area contributed by atoms with Gasteiger partial charge >= 0.3 is 6.18 Å². The van der Waals surface area contributed by atoms with Crippen LogP contribution in [-0.4, -0.2) is 46.4 Å². The van der Waals surface area contributed by atoms with Crippen molar-refractivity contribution in [3.63, 3.8) is 0 Å². The maximum absolute atomic E-state index is 13.4. The molecule has 1 fully saturated rings. The number of fused-ring (bicyclic) bond motifs is 1. The summed E-state index contributed by atoms with van der Waals surface area (Å²) in [5, 5.41) is 3.41. The first kappa shape index (κ1) is 23.6. The first-order valence-electron chi connectivity index (χ1n) is 11.1. The molecule has 33 heavy (non-hydrogen) atoms. The molecule has 0 saturated carbocycles. The van der Waals surface area contributed by atoms with Crippen molar-refractivity contribution < 1.29 is 18.0 Å². The molecule has 1 saturated heterocycles. The van der Waals surface area contributed by atoms with Gasteiger partial charge < -0.3 is 14.6 Å². The van der Waals surface area contributed by atoms with Crippen LogP contribution in [0.25, 0.3) is 5.65 Å². The number of likely N-dealkylation sites (tertiary alicyclic amines) is 1. The minimum atomic E-state index is -4.47. The molecule has 2 aromatic heterocycles. The summed E-state index contributed by atoms with van der Waals surface area (Å²) in [6, 6.07) is 8.55. The maximum atomic E-state index is 13.4. The summed E-state index contributed by atoms with van der Waals surface area (Å²) in [7, 11) is 0. The Balaban J connectivity index is 1.57. The highest BCUT2D eigenvalue weighted by atomic mass is 35.5. The summed E-state index contributed by atoms with van der Waals surface area (Å²) >= 11 is 6.15. The topological polar surface area (TPSA) is 49.6 Å². The Labute approximate surface area is 195 Å². The normalized spacial score (nSPS) is 16.1. The zero-order chi connectivity index (χ0) is 23.4. The van der Waals surface area contributed by atoms with Gasteiger partial charge in [-0.15, -0.1) is 0 Å². The van der Waals surface area contributed by atoms with Gasteiger partial charge in [0.15, 0.2) is 0 Å². The predicted molar refractivity (Wildman–Crippen MR) is 121 cm³/mol. The number of nitrogens with zero attached hydrogens (tertiary/aromatic N) is 3. The fourth-order valence-electron chi connectivity index (χ4n) is 4.35. The van der Waals surface area contributed by atoms with Crippen molar-refractivity contribution in [2.75, 3.05) is 26.2 Å². The Morgan fingerprint density at radius 2 is 1.94 bits per heavy atom. The van der Waals surface area contributed by atoms with E-state index >= 15 is 0 Å². The van der Waals surface area contributed by atoms with Crippen LogP contribution in [0.1, 0.15) is 48.4 Å². The Bertz CT molecular complexity index is 1110. The number of hydrogen-bond acceptors (Lipinski definition) is 3. The first-order chi connectivity index (χ1) is 15.8. The van der Waals surface area contributed by atoms with E-state index in [1.54, 1.807) is 35.0 Å². The number of amides is 1. The highest BCUT2D eigenvalue weighted by Gasteiger charge is 2.32. The van der Waals surface area contributed by atoms with Gasteiger partial charge in [0, 0.05) is 37.8 Å². The van der Waals surface area contributed by atoms with Gasteiger partial charge in [-0.25, -0.2) is 4.98 Å². The van der Waals surface area contributed by atoms with Crippen LogP contribution in [0.15, 0.2) is 48.8 Å². The number of pyridine rings is 1. The predicted octanol–water partition coefficient (Wildman–Crippen LogP) is 5.13. The number of rotatable bonds is 7. The highest BCUT2D eigenvalue weighted by Crippen LogP contribution is 2.34. The largest absolute Gasteiger partial charge is 0.416 e. The number of halogens is 4. The Kier molecular flexibility index (Phi) is 7.24. The van der Waals surface area contributed by atoms with E-state index in [0.29, 0.717) is 28.5 Å². The molecule has 5 nitrogen and oxygen atoms in total. The molecule has 3 heterocycles. The lowest BCUT2D eigenvalue weighted by atomic mass is 9.91. The van der Waals surface area contributed by atoms with E-state index < -0.39 is 17.7 Å². The molecule has 0 radical (unpaired) electrons. The van der Waals surface area contributed by atoms with Crippen LogP contribution in [0, 0.1) is 0 Å². The molecule has 4 rings (SSSR count). The van der Waals surface area contributed by atoms with Crippen molar-refractivity contribution in [1.29, 1.82) is 0 Å². The van der Waals surface area contributed by atoms with Crippen LogP contribution in [0.3, 0.4) is 0 Å². The molecule has 1 N–H and O–H groups in total. The van der Waals surface area contributed by atoms with Crippen molar-refractivity contribution in [2.24, 2.45) is 0 Å². The molecule has 0 bridgehead atoms. The Morgan fingerprint density at radius 3 is 2.70 bits per heavy atom. The molecule has 176 valence electrons. The summed E-state index contributed by atoms with van der Waals surface area (Å²) in [4.78, 5) is 19.5. The fraction of sp³-hybridized carbons (Fsp3) is 0.417. The summed E-state index contributed by atoms with van der Waals surface area (Å²) in [5.74, 6) is -0.831. The maximum Gasteiger partial charge on any atom is 0.416 e. The molecule has 1 aromatic carbocycles. The minimum Gasteiger partial charge on any atom is -0.355 e. The van der Waals surface area contributed by atoms with E-state index in [1.807, 2.05) is 0 Å². The first-order valence-corrected chi connectivity index (χ1v) is 11.5. The SMILES string of the molecule is O=C(CC(c1cccc(C(F)(F)F)c1)c1cnc2ccc(Cl)cn12)NCCN1CCCCC1. The molecule has 0 aliphatic carbocycles. The van der Waals surface area contributed by atoms with E-state index in [9.17, 15) is 18.0 Å². The molecule has 1 atom stereocenters. The van der Waals surface area contributed by atoms with Crippen molar-refractivity contribution in [3.8, 4) is 0 Å². The molecule has 0 spiro atoms. The monoisotopic (exact) mass is 478 g/mol. The minimum absolute atomic E-state index is 0.00160. The van der Waals surface area contributed by atoms with Gasteiger partial charge in [0.05, 0.1) is 16.3 Å². The fourth-order valence-corrected chi connectivity index (χ4v) is 4.51. The lowest BCUT2D eigenvalue weighted by molar-refractivity contribution is -0.137. The van der Waals surface area contributed by atoms with E-state index in [1.165, 1.54) is 25.3 Å². The number of carbonyl (C=O) groups is 1. The van der Waals surface area contributed by atoms with Crippen LogP contribution in [0.2, 0.25) is 5.02 Å². The van der Waals surface area contributed by atoms with Crippen LogP contribution < -0.4 is 5.32 Å². The number of hydrogen-bond donors (Lipinski definition) is 1. The number of imidazole rings is 1. The molecule has 1 unspecified atom stereocenters. The van der Waals surface area contributed by atoms with Gasteiger partial charge in [0.1, 0.15) is 5.65 Å². The number of benzene rings is 1. The number of piperidine rings is 1. The van der Waals surface area contributed by atoms with Crippen LogP contribution in [0.5, 0.6) is 0 Å². The second-order valence-electron chi connectivity index (χ2n) is 8.39. The summed E-state index contributed by atoms with van der Waals surface area (Å²) in [5.41, 5.74) is 0.870. The Morgan fingerprint density at radius 1 is 1.15 bits per heavy atom. The van der Waals surface area contributed by atoms with E-state index in [2.05, 4.69) is 15.2 Å². The number of nitrogens with one attached hydrogen (secondary N) is 1. The summed E-state index contributed by atoms with van der Waals surface area (Å²) < 4.78 is 41.8. The standard InChI is InChI=1S/C24H26ClF3N4O/c25-19-7-8-22-30-15-21(32(22)16-19)20(17-5-4-6-18(13-17)24(26,27)28)14-23(33)29-9-12-31-10-2-1-3-11-31/h4-8,13,15-16,20H,1-3,9-12,14H2,(H,29,33). The smallest absolute Gasteiger partial charge is 0.355 e. The second kappa shape index (κ2) is 10.1. The van der Waals surface area contributed by atoms with Gasteiger partial charge in [0.2, 0.25) is 5.91 Å². The highest BCUT2D eigenvalue weighted by molar-refractivity contribution is 6.30. The van der Waals surface area contributed by atoms with Crippen molar-refractivity contribution in [2.45, 2.75) is 37.8 Å². The number of alkyl halides is 3. The molecular formula is C24H26ClF3N4O. The average molecular weight is 479 g/mol. The second-order valence-corrected chi connectivity index (χ2v) is 8.83. The Hall–Kier alpha value is -2.58. The lowest BCUT2D eigenvalue weighted by Crippen LogP contribution is -2.38. The van der Waals surface area contributed by atoms with Crippen LogP contribution in [0.4, 0.5) is 13.2 Å². The van der Waals surface area contributed by atoms with Crippen LogP contribution in [-0.2, 0) is 11.0 Å². The van der Waals surface area contributed by atoms with E-state index in [-0.39, 0.29) is 12.3 Å². The third-order valence-corrected chi connectivity index (χ3v) is 6.28. The summed E-state index contributed by atoms with van der Waals surface area (Å²) in [6.45, 7) is 3.34. The van der Waals surface area contributed by atoms with E-state index in [0.717, 1.165) is 31.8 Å².